The highest BCUT2D eigenvalue weighted by atomic mass is 16.1. The number of carbonyl (C=O) groups is 1. The van der Waals surface area contributed by atoms with Crippen molar-refractivity contribution in [3.8, 4) is 0 Å². The van der Waals surface area contributed by atoms with Crippen LogP contribution in [0, 0.1) is 5.41 Å². The first kappa shape index (κ1) is 11.5. The highest BCUT2D eigenvalue weighted by Gasteiger charge is 2.35. The van der Waals surface area contributed by atoms with Gasteiger partial charge in [-0.05, 0) is 19.3 Å². The molecule has 0 saturated heterocycles. The van der Waals surface area contributed by atoms with Gasteiger partial charge < -0.3 is 5.73 Å². The van der Waals surface area contributed by atoms with Crippen molar-refractivity contribution >= 4 is 5.91 Å². The Balaban J connectivity index is 2.62. The zero-order valence-corrected chi connectivity index (χ0v) is 9.35. The van der Waals surface area contributed by atoms with Gasteiger partial charge in [-0.25, -0.2) is 0 Å². The topological polar surface area (TPSA) is 43.1 Å². The number of amides is 1. The second-order valence-corrected chi connectivity index (χ2v) is 4.66. The predicted molar refractivity (Wildman–Crippen MR) is 58.9 cm³/mol. The minimum Gasteiger partial charge on any atom is -0.369 e. The van der Waals surface area contributed by atoms with E-state index in [1.54, 1.807) is 0 Å². The number of hydrogen-bond acceptors (Lipinski definition) is 1. The molecule has 82 valence electrons. The van der Waals surface area contributed by atoms with Crippen LogP contribution in [0.2, 0.25) is 0 Å². The average Bonchev–Trinajstić information content (AvgIpc) is 2.41. The van der Waals surface area contributed by atoms with Gasteiger partial charge in [-0.3, -0.25) is 4.79 Å². The van der Waals surface area contributed by atoms with Gasteiger partial charge in [0.2, 0.25) is 5.91 Å². The van der Waals surface area contributed by atoms with E-state index in [-0.39, 0.29) is 11.3 Å². The second-order valence-electron chi connectivity index (χ2n) is 4.66. The van der Waals surface area contributed by atoms with Crippen LogP contribution in [-0.4, -0.2) is 5.91 Å². The van der Waals surface area contributed by atoms with E-state index in [9.17, 15) is 4.79 Å². The van der Waals surface area contributed by atoms with Crippen molar-refractivity contribution in [2.75, 3.05) is 0 Å². The molecule has 2 nitrogen and oxygen atoms in total. The summed E-state index contributed by atoms with van der Waals surface area (Å²) in [6.07, 6.45) is 10.3. The number of carbonyl (C=O) groups excluding carboxylic acids is 1. The number of nitrogens with two attached hydrogens (primary N) is 1. The molecular weight excluding hydrogens is 174 g/mol. The van der Waals surface area contributed by atoms with E-state index in [0.717, 1.165) is 32.1 Å². The fourth-order valence-corrected chi connectivity index (χ4v) is 2.54. The van der Waals surface area contributed by atoms with Crippen molar-refractivity contribution in [1.29, 1.82) is 0 Å². The van der Waals surface area contributed by atoms with Gasteiger partial charge in [0.1, 0.15) is 0 Å². The number of unbranched alkanes of at least 4 members (excludes halogenated alkanes) is 1. The highest BCUT2D eigenvalue weighted by molar-refractivity contribution is 5.80. The molecule has 0 bridgehead atoms. The van der Waals surface area contributed by atoms with Crippen LogP contribution < -0.4 is 5.73 Å². The highest BCUT2D eigenvalue weighted by Crippen LogP contribution is 2.39. The molecule has 1 rings (SSSR count). The lowest BCUT2D eigenvalue weighted by Gasteiger charge is -2.29. The van der Waals surface area contributed by atoms with Gasteiger partial charge in [-0.2, -0.15) is 0 Å². The van der Waals surface area contributed by atoms with Crippen LogP contribution in [-0.2, 0) is 4.79 Å². The summed E-state index contributed by atoms with van der Waals surface area (Å²) in [6.45, 7) is 2.17. The lowest BCUT2D eigenvalue weighted by molar-refractivity contribution is -0.129. The third-order valence-electron chi connectivity index (χ3n) is 3.59. The molecule has 2 heteroatoms. The van der Waals surface area contributed by atoms with Gasteiger partial charge >= 0.3 is 0 Å². The molecule has 0 aromatic carbocycles. The Hall–Kier alpha value is -0.530. The van der Waals surface area contributed by atoms with E-state index in [1.807, 2.05) is 0 Å². The van der Waals surface area contributed by atoms with E-state index in [0.29, 0.717) is 0 Å². The van der Waals surface area contributed by atoms with E-state index >= 15 is 0 Å². The van der Waals surface area contributed by atoms with Crippen LogP contribution in [0.1, 0.15) is 64.7 Å². The van der Waals surface area contributed by atoms with Crippen molar-refractivity contribution in [3.05, 3.63) is 0 Å². The fraction of sp³-hybridized carbons (Fsp3) is 0.917. The first-order valence-electron chi connectivity index (χ1n) is 6.01. The molecule has 1 aliphatic rings. The third kappa shape index (κ3) is 2.73. The smallest absolute Gasteiger partial charge is 0.223 e. The van der Waals surface area contributed by atoms with Gasteiger partial charge in [0.05, 0.1) is 0 Å². The Morgan fingerprint density at radius 1 is 1.21 bits per heavy atom. The zero-order chi connectivity index (χ0) is 10.4. The van der Waals surface area contributed by atoms with Crippen LogP contribution in [0.3, 0.4) is 0 Å². The Morgan fingerprint density at radius 3 is 2.21 bits per heavy atom. The molecule has 0 heterocycles. The first-order valence-corrected chi connectivity index (χ1v) is 6.01. The summed E-state index contributed by atoms with van der Waals surface area (Å²) < 4.78 is 0. The maximum absolute atomic E-state index is 11.6. The Bertz CT molecular complexity index is 181. The van der Waals surface area contributed by atoms with Gasteiger partial charge in [0.15, 0.2) is 0 Å². The fourth-order valence-electron chi connectivity index (χ4n) is 2.54. The summed E-state index contributed by atoms with van der Waals surface area (Å²) in [5, 5.41) is 0. The largest absolute Gasteiger partial charge is 0.369 e. The lowest BCUT2D eigenvalue weighted by Crippen LogP contribution is -2.36. The van der Waals surface area contributed by atoms with Gasteiger partial charge in [0.25, 0.3) is 0 Å². The lowest BCUT2D eigenvalue weighted by atomic mass is 9.75. The minimum atomic E-state index is -0.146. The summed E-state index contributed by atoms with van der Waals surface area (Å²) in [4.78, 5) is 11.6. The molecule has 1 amide bonds. The molecule has 0 aromatic rings. The summed E-state index contributed by atoms with van der Waals surface area (Å²) in [7, 11) is 0. The number of primary amides is 1. The molecule has 1 fully saturated rings. The Labute approximate surface area is 87.2 Å². The van der Waals surface area contributed by atoms with Gasteiger partial charge in [-0.15, -0.1) is 0 Å². The first-order chi connectivity index (χ1) is 6.71. The van der Waals surface area contributed by atoms with Crippen LogP contribution >= 0.6 is 0 Å². The quantitative estimate of drug-likeness (QED) is 0.692. The molecule has 0 aromatic heterocycles. The van der Waals surface area contributed by atoms with E-state index in [2.05, 4.69) is 6.92 Å². The normalized spacial score (nSPS) is 21.5. The Morgan fingerprint density at radius 2 is 1.79 bits per heavy atom. The molecule has 0 aliphatic heterocycles. The SMILES string of the molecule is CCCCC1(C(N)=O)CCCCCC1. The maximum Gasteiger partial charge on any atom is 0.223 e. The van der Waals surface area contributed by atoms with Crippen molar-refractivity contribution in [2.45, 2.75) is 64.7 Å². The molecule has 2 N–H and O–H groups in total. The van der Waals surface area contributed by atoms with Gasteiger partial charge in [0, 0.05) is 5.41 Å². The summed E-state index contributed by atoms with van der Waals surface area (Å²) in [5.41, 5.74) is 5.43. The number of rotatable bonds is 4. The van der Waals surface area contributed by atoms with E-state index in [4.69, 9.17) is 5.73 Å². The summed E-state index contributed by atoms with van der Waals surface area (Å²) in [5.74, 6) is -0.0483. The van der Waals surface area contributed by atoms with Crippen LogP contribution in [0.4, 0.5) is 0 Å². The van der Waals surface area contributed by atoms with Crippen LogP contribution in [0.15, 0.2) is 0 Å². The maximum atomic E-state index is 11.6. The molecule has 1 saturated carbocycles. The third-order valence-corrected chi connectivity index (χ3v) is 3.59. The average molecular weight is 197 g/mol. The minimum absolute atomic E-state index is 0.0483. The monoisotopic (exact) mass is 197 g/mol. The summed E-state index contributed by atoms with van der Waals surface area (Å²) in [6, 6.07) is 0. The summed E-state index contributed by atoms with van der Waals surface area (Å²) >= 11 is 0. The molecular formula is C12H23NO. The molecule has 0 unspecified atom stereocenters. The van der Waals surface area contributed by atoms with E-state index in [1.165, 1.54) is 25.7 Å². The van der Waals surface area contributed by atoms with Crippen LogP contribution in [0.5, 0.6) is 0 Å². The second kappa shape index (κ2) is 5.38. The molecule has 14 heavy (non-hydrogen) atoms. The molecule has 0 atom stereocenters. The van der Waals surface area contributed by atoms with E-state index < -0.39 is 0 Å². The Kier molecular flexibility index (Phi) is 4.43. The predicted octanol–water partition coefficient (Wildman–Crippen LogP) is 3.00. The standard InChI is InChI=1S/C12H23NO/c1-2-3-8-12(11(13)14)9-6-4-5-7-10-12/h2-10H2,1H3,(H2,13,14). The van der Waals surface area contributed by atoms with Crippen molar-refractivity contribution in [3.63, 3.8) is 0 Å². The van der Waals surface area contributed by atoms with Crippen molar-refractivity contribution in [1.82, 2.24) is 0 Å². The van der Waals surface area contributed by atoms with Gasteiger partial charge in [-0.1, -0.05) is 45.4 Å². The number of hydrogen-bond donors (Lipinski definition) is 1. The molecule has 1 aliphatic carbocycles. The van der Waals surface area contributed by atoms with Crippen LogP contribution in [0.25, 0.3) is 0 Å². The molecule has 0 radical (unpaired) electrons. The van der Waals surface area contributed by atoms with Crippen molar-refractivity contribution in [2.24, 2.45) is 11.1 Å². The van der Waals surface area contributed by atoms with Crippen molar-refractivity contribution < 1.29 is 4.79 Å². The zero-order valence-electron chi connectivity index (χ0n) is 9.35. The molecule has 0 spiro atoms.